The number of benzene rings is 2. The summed E-state index contributed by atoms with van der Waals surface area (Å²) in [5.74, 6) is 1.42. The van der Waals surface area contributed by atoms with E-state index >= 15 is 0 Å². The van der Waals surface area contributed by atoms with Crippen molar-refractivity contribution in [2.45, 2.75) is 18.7 Å². The Hall–Kier alpha value is -3.63. The fraction of sp³-hybridized carbons (Fsp3) is 0.250. The van der Waals surface area contributed by atoms with E-state index in [2.05, 4.69) is 15.8 Å². The number of methoxy groups -OCH3 is 1. The van der Waals surface area contributed by atoms with Crippen molar-refractivity contribution >= 4 is 27.8 Å². The van der Waals surface area contributed by atoms with E-state index in [4.69, 9.17) is 9.15 Å². The molecule has 3 aromatic rings. The fourth-order valence-electron chi connectivity index (χ4n) is 3.18. The highest BCUT2D eigenvalue weighted by Crippen LogP contribution is 2.24. The number of hydrogen-bond donors (Lipinski definition) is 2. The number of nitrogens with one attached hydrogen (secondary N) is 2. The van der Waals surface area contributed by atoms with Crippen LogP contribution in [-0.4, -0.2) is 51.6 Å². The minimum Gasteiger partial charge on any atom is -0.497 e. The van der Waals surface area contributed by atoms with Crippen molar-refractivity contribution in [1.82, 2.24) is 9.73 Å². The van der Waals surface area contributed by atoms with E-state index in [1.54, 1.807) is 69.5 Å². The van der Waals surface area contributed by atoms with Gasteiger partial charge in [0.05, 0.1) is 24.8 Å². The fourth-order valence-corrected chi connectivity index (χ4v) is 4.64. The van der Waals surface area contributed by atoms with Gasteiger partial charge >= 0.3 is 0 Å². The lowest BCUT2D eigenvalue weighted by Gasteiger charge is -2.18. The predicted molar refractivity (Wildman–Crippen MR) is 131 cm³/mol. The highest BCUT2D eigenvalue weighted by atomic mass is 32.2. The molecule has 1 heterocycles. The van der Waals surface area contributed by atoms with Gasteiger partial charge in [-0.25, -0.2) is 13.8 Å². The van der Waals surface area contributed by atoms with E-state index in [9.17, 15) is 13.2 Å². The number of rotatable bonds is 11. The van der Waals surface area contributed by atoms with Crippen molar-refractivity contribution in [3.63, 3.8) is 0 Å². The molecule has 2 N–H and O–H groups in total. The van der Waals surface area contributed by atoms with E-state index < -0.39 is 10.0 Å². The maximum absolute atomic E-state index is 12.6. The van der Waals surface area contributed by atoms with Gasteiger partial charge in [0.1, 0.15) is 17.3 Å². The predicted octanol–water partition coefficient (Wildman–Crippen LogP) is 3.55. The summed E-state index contributed by atoms with van der Waals surface area (Å²) < 4.78 is 37.5. The molecule has 2 aromatic carbocycles. The van der Waals surface area contributed by atoms with Crippen LogP contribution in [0.4, 0.5) is 5.69 Å². The Morgan fingerprint density at radius 2 is 1.71 bits per heavy atom. The molecule has 0 fully saturated rings. The van der Waals surface area contributed by atoms with Gasteiger partial charge in [-0.05, 0) is 60.7 Å². The van der Waals surface area contributed by atoms with Gasteiger partial charge < -0.3 is 14.5 Å². The van der Waals surface area contributed by atoms with Crippen LogP contribution < -0.4 is 15.5 Å². The molecule has 1 aromatic heterocycles. The van der Waals surface area contributed by atoms with E-state index in [1.807, 2.05) is 12.1 Å². The van der Waals surface area contributed by atoms with Crippen LogP contribution in [0.1, 0.15) is 19.6 Å². The first-order valence-corrected chi connectivity index (χ1v) is 12.2. The molecule has 180 valence electrons. The average Bonchev–Trinajstić information content (AvgIpc) is 3.32. The third kappa shape index (κ3) is 6.24. The highest BCUT2D eigenvalue weighted by molar-refractivity contribution is 7.89. The third-order valence-corrected chi connectivity index (χ3v) is 7.10. The number of amides is 1. The Bertz CT molecular complexity index is 1220. The number of carbonyl (C=O) groups excluding carboxylic acids is 1. The molecule has 9 nitrogen and oxygen atoms in total. The Morgan fingerprint density at radius 1 is 1.03 bits per heavy atom. The molecule has 0 saturated carbocycles. The molecule has 0 saturated heterocycles. The van der Waals surface area contributed by atoms with Crippen molar-refractivity contribution in [2.75, 3.05) is 32.1 Å². The molecular weight excluding hydrogens is 456 g/mol. The van der Waals surface area contributed by atoms with Crippen molar-refractivity contribution in [3.05, 3.63) is 66.4 Å². The first kappa shape index (κ1) is 25.0. The van der Waals surface area contributed by atoms with Gasteiger partial charge in [-0.1, -0.05) is 13.8 Å². The van der Waals surface area contributed by atoms with Crippen molar-refractivity contribution in [2.24, 2.45) is 5.10 Å². The van der Waals surface area contributed by atoms with E-state index in [0.29, 0.717) is 24.6 Å². The van der Waals surface area contributed by atoms with Crippen LogP contribution >= 0.6 is 0 Å². The summed E-state index contributed by atoms with van der Waals surface area (Å²) >= 11 is 0. The molecular formula is C24H28N4O5S. The van der Waals surface area contributed by atoms with Gasteiger partial charge in [-0.3, -0.25) is 4.79 Å². The van der Waals surface area contributed by atoms with E-state index in [1.165, 1.54) is 10.5 Å². The molecule has 0 aliphatic rings. The molecule has 0 bridgehead atoms. The molecule has 0 aliphatic heterocycles. The summed E-state index contributed by atoms with van der Waals surface area (Å²) in [7, 11) is -1.92. The minimum atomic E-state index is -3.51. The van der Waals surface area contributed by atoms with Crippen molar-refractivity contribution in [1.29, 1.82) is 0 Å². The molecule has 0 radical (unpaired) electrons. The highest BCUT2D eigenvalue weighted by Gasteiger charge is 2.21. The van der Waals surface area contributed by atoms with Crippen LogP contribution in [0.2, 0.25) is 0 Å². The number of anilines is 1. The van der Waals surface area contributed by atoms with E-state index in [0.717, 1.165) is 17.0 Å². The standard InChI is InChI=1S/C24H28N4O5S/c1-4-28(5-2)34(30,31)22-13-6-18(7-14-22)23-15-12-21(33-23)16-26-27-24(29)17-25-19-8-10-20(32-3)11-9-19/h6-16,25H,4-5,17H2,1-3H3,(H,27,29)/b26-16-. The zero-order valence-corrected chi connectivity index (χ0v) is 20.1. The monoisotopic (exact) mass is 484 g/mol. The molecule has 1 amide bonds. The zero-order valence-electron chi connectivity index (χ0n) is 19.3. The minimum absolute atomic E-state index is 0.0514. The number of carbonyl (C=O) groups is 1. The van der Waals surface area contributed by atoms with Gasteiger partial charge in [0.25, 0.3) is 5.91 Å². The quantitative estimate of drug-likeness (QED) is 0.318. The Morgan fingerprint density at radius 3 is 2.32 bits per heavy atom. The van der Waals surface area contributed by atoms with Crippen LogP contribution in [0.25, 0.3) is 11.3 Å². The lowest BCUT2D eigenvalue weighted by molar-refractivity contribution is -0.119. The normalized spacial score (nSPS) is 11.6. The smallest absolute Gasteiger partial charge is 0.259 e. The number of hydrazone groups is 1. The number of hydrogen-bond acceptors (Lipinski definition) is 7. The molecule has 10 heteroatoms. The summed E-state index contributed by atoms with van der Waals surface area (Å²) in [4.78, 5) is 12.2. The number of sulfonamides is 1. The summed E-state index contributed by atoms with van der Waals surface area (Å²) in [5.41, 5.74) is 3.94. The van der Waals surface area contributed by atoms with Crippen molar-refractivity contribution < 1.29 is 22.4 Å². The SMILES string of the molecule is CCN(CC)S(=O)(=O)c1ccc(-c2ccc(/C=N\NC(=O)CNc3ccc(OC)cc3)o2)cc1. The van der Waals surface area contributed by atoms with Crippen molar-refractivity contribution in [3.8, 4) is 17.1 Å². The lowest BCUT2D eigenvalue weighted by Crippen LogP contribution is -2.30. The number of furan rings is 1. The summed E-state index contributed by atoms with van der Waals surface area (Å²) in [6.07, 6.45) is 1.40. The maximum atomic E-state index is 12.6. The Labute approximate surface area is 199 Å². The Balaban J connectivity index is 1.55. The summed E-state index contributed by atoms with van der Waals surface area (Å²) in [5, 5.41) is 6.90. The maximum Gasteiger partial charge on any atom is 0.259 e. The van der Waals surface area contributed by atoms with Crippen LogP contribution in [-0.2, 0) is 14.8 Å². The van der Waals surface area contributed by atoms with Gasteiger partial charge in [0, 0.05) is 24.3 Å². The lowest BCUT2D eigenvalue weighted by atomic mass is 10.2. The van der Waals surface area contributed by atoms with Gasteiger partial charge in [0.2, 0.25) is 10.0 Å². The molecule has 0 spiro atoms. The second-order valence-corrected chi connectivity index (χ2v) is 9.13. The third-order valence-electron chi connectivity index (χ3n) is 5.03. The first-order valence-electron chi connectivity index (χ1n) is 10.8. The topological polar surface area (TPSA) is 113 Å². The molecule has 3 rings (SSSR count). The second-order valence-electron chi connectivity index (χ2n) is 7.19. The molecule has 0 unspecified atom stereocenters. The Kier molecular flexibility index (Phi) is 8.44. The van der Waals surface area contributed by atoms with Crippen LogP contribution in [0.3, 0.4) is 0 Å². The van der Waals surface area contributed by atoms with Crippen LogP contribution in [0.15, 0.2) is 75.1 Å². The van der Waals surface area contributed by atoms with E-state index in [-0.39, 0.29) is 17.3 Å². The molecule has 0 atom stereocenters. The summed E-state index contributed by atoms with van der Waals surface area (Å²) in [6, 6.07) is 17.2. The number of ether oxygens (including phenoxy) is 1. The van der Waals surface area contributed by atoms with Crippen LogP contribution in [0.5, 0.6) is 5.75 Å². The van der Waals surface area contributed by atoms with Gasteiger partial charge in [0.15, 0.2) is 0 Å². The zero-order chi connectivity index (χ0) is 24.6. The molecule has 34 heavy (non-hydrogen) atoms. The van der Waals surface area contributed by atoms with Gasteiger partial charge in [-0.15, -0.1) is 0 Å². The first-order chi connectivity index (χ1) is 16.4. The summed E-state index contributed by atoms with van der Waals surface area (Å²) in [6.45, 7) is 4.49. The van der Waals surface area contributed by atoms with Crippen LogP contribution in [0, 0.1) is 0 Å². The largest absolute Gasteiger partial charge is 0.497 e. The average molecular weight is 485 g/mol. The second kappa shape index (κ2) is 11.5. The molecule has 0 aliphatic carbocycles. The number of nitrogens with zero attached hydrogens (tertiary/aromatic N) is 2. The van der Waals surface area contributed by atoms with Gasteiger partial charge in [-0.2, -0.15) is 9.41 Å².